The molecule has 210 valence electrons. The SMILES string of the molecule is CN(Cc1ccc(C(F)(F)F)cc1)[C@H]1C[C@@H]2CN(C(=O)n3cc(C(=O)N4CCN(C5CC5)CC4)cn3)C[C@@H]2C1. The summed E-state index contributed by atoms with van der Waals surface area (Å²) in [6.45, 7) is 5.11. The van der Waals surface area contributed by atoms with Gasteiger partial charge in [-0.2, -0.15) is 23.0 Å². The van der Waals surface area contributed by atoms with Crippen molar-refractivity contribution in [3.05, 3.63) is 53.3 Å². The molecule has 2 aliphatic heterocycles. The van der Waals surface area contributed by atoms with Gasteiger partial charge in [-0.15, -0.1) is 0 Å². The molecular formula is C28H35F3N6O2. The predicted octanol–water partition coefficient (Wildman–Crippen LogP) is 3.63. The van der Waals surface area contributed by atoms with Gasteiger partial charge in [-0.25, -0.2) is 4.79 Å². The third-order valence-electron chi connectivity index (χ3n) is 9.02. The number of hydrogen-bond acceptors (Lipinski definition) is 5. The molecule has 4 fully saturated rings. The monoisotopic (exact) mass is 544 g/mol. The van der Waals surface area contributed by atoms with E-state index in [0.29, 0.717) is 62.2 Å². The van der Waals surface area contributed by atoms with Crippen LogP contribution in [0.3, 0.4) is 0 Å². The number of carbonyl (C=O) groups excluding carboxylic acids is 2. The molecule has 0 unspecified atom stereocenters. The van der Waals surface area contributed by atoms with E-state index in [-0.39, 0.29) is 11.9 Å². The molecule has 3 atom stereocenters. The number of fused-ring (bicyclic) bond motifs is 1. The Bertz CT molecular complexity index is 1190. The van der Waals surface area contributed by atoms with E-state index < -0.39 is 11.7 Å². The lowest BCUT2D eigenvalue weighted by Gasteiger charge is -2.34. The molecule has 8 nitrogen and oxygen atoms in total. The van der Waals surface area contributed by atoms with Crippen LogP contribution in [0.25, 0.3) is 0 Å². The molecule has 0 radical (unpaired) electrons. The lowest BCUT2D eigenvalue weighted by Crippen LogP contribution is -2.49. The maximum Gasteiger partial charge on any atom is 0.416 e. The molecule has 0 bridgehead atoms. The highest BCUT2D eigenvalue weighted by Crippen LogP contribution is 2.40. The summed E-state index contributed by atoms with van der Waals surface area (Å²) in [5.41, 5.74) is 0.676. The molecule has 0 N–H and O–H groups in total. The maximum atomic E-state index is 13.2. The Hall–Kier alpha value is -2.92. The van der Waals surface area contributed by atoms with Gasteiger partial charge in [0.2, 0.25) is 0 Å². The zero-order valence-corrected chi connectivity index (χ0v) is 22.2. The number of amides is 2. The minimum Gasteiger partial charge on any atom is -0.336 e. The van der Waals surface area contributed by atoms with E-state index in [1.54, 1.807) is 18.3 Å². The summed E-state index contributed by atoms with van der Waals surface area (Å²) < 4.78 is 39.8. The zero-order valence-electron chi connectivity index (χ0n) is 22.2. The van der Waals surface area contributed by atoms with E-state index in [4.69, 9.17) is 0 Å². The van der Waals surface area contributed by atoms with Crippen LogP contribution in [0.15, 0.2) is 36.7 Å². The van der Waals surface area contributed by atoms with Crippen LogP contribution in [-0.4, -0.2) is 99.7 Å². The molecule has 2 saturated heterocycles. The molecule has 1 aromatic carbocycles. The second kappa shape index (κ2) is 10.2. The molecule has 0 spiro atoms. The van der Waals surface area contributed by atoms with Crippen LogP contribution in [0.1, 0.15) is 47.2 Å². The fraction of sp³-hybridized carbons (Fsp3) is 0.607. The van der Waals surface area contributed by atoms with Crippen molar-refractivity contribution in [2.75, 3.05) is 46.3 Å². The maximum absolute atomic E-state index is 13.2. The van der Waals surface area contributed by atoms with Gasteiger partial charge in [0.1, 0.15) is 0 Å². The van der Waals surface area contributed by atoms with Crippen molar-refractivity contribution in [3.63, 3.8) is 0 Å². The first-order valence-electron chi connectivity index (χ1n) is 13.9. The molecule has 6 rings (SSSR count). The normalized spacial score (nSPS) is 25.9. The summed E-state index contributed by atoms with van der Waals surface area (Å²) in [6.07, 6.45) is 3.16. The first-order valence-corrected chi connectivity index (χ1v) is 13.9. The number of likely N-dealkylation sites (tertiary alicyclic amines) is 1. The van der Waals surface area contributed by atoms with Crippen LogP contribution in [0.2, 0.25) is 0 Å². The van der Waals surface area contributed by atoms with Gasteiger partial charge >= 0.3 is 12.2 Å². The molecule has 39 heavy (non-hydrogen) atoms. The number of carbonyl (C=O) groups is 2. The van der Waals surface area contributed by atoms with Crippen molar-refractivity contribution < 1.29 is 22.8 Å². The number of piperazine rings is 1. The molecule has 4 aliphatic rings. The topological polar surface area (TPSA) is 64.9 Å². The van der Waals surface area contributed by atoms with Crippen molar-refractivity contribution in [1.82, 2.24) is 29.4 Å². The predicted molar refractivity (Wildman–Crippen MR) is 138 cm³/mol. The van der Waals surface area contributed by atoms with Crippen molar-refractivity contribution in [3.8, 4) is 0 Å². The van der Waals surface area contributed by atoms with Gasteiger partial charge in [0.05, 0.1) is 17.3 Å². The molecule has 2 aliphatic carbocycles. The van der Waals surface area contributed by atoms with E-state index in [9.17, 15) is 22.8 Å². The summed E-state index contributed by atoms with van der Waals surface area (Å²) >= 11 is 0. The Morgan fingerprint density at radius 3 is 2.21 bits per heavy atom. The van der Waals surface area contributed by atoms with Crippen LogP contribution in [0.4, 0.5) is 18.0 Å². The lowest BCUT2D eigenvalue weighted by atomic mass is 10.0. The van der Waals surface area contributed by atoms with Crippen molar-refractivity contribution >= 4 is 11.9 Å². The number of aromatic nitrogens is 2. The third kappa shape index (κ3) is 5.56. The van der Waals surface area contributed by atoms with Gasteiger partial charge in [0, 0.05) is 64.1 Å². The second-order valence-corrected chi connectivity index (χ2v) is 11.7. The van der Waals surface area contributed by atoms with Gasteiger partial charge < -0.3 is 9.80 Å². The minimum atomic E-state index is -4.32. The Kier molecular flexibility index (Phi) is 6.91. The van der Waals surface area contributed by atoms with E-state index >= 15 is 0 Å². The molecule has 2 aromatic rings. The molecule has 1 aromatic heterocycles. The van der Waals surface area contributed by atoms with Gasteiger partial charge in [-0.1, -0.05) is 12.1 Å². The number of nitrogens with zero attached hydrogens (tertiary/aromatic N) is 6. The van der Waals surface area contributed by atoms with Gasteiger partial charge in [-0.3, -0.25) is 14.6 Å². The van der Waals surface area contributed by atoms with Crippen LogP contribution < -0.4 is 0 Å². The highest BCUT2D eigenvalue weighted by atomic mass is 19.4. The fourth-order valence-corrected chi connectivity index (χ4v) is 6.60. The summed E-state index contributed by atoms with van der Waals surface area (Å²) in [6, 6.07) is 6.21. The summed E-state index contributed by atoms with van der Waals surface area (Å²) in [7, 11) is 2.01. The Morgan fingerprint density at radius 1 is 0.974 bits per heavy atom. The van der Waals surface area contributed by atoms with Crippen molar-refractivity contribution in [2.24, 2.45) is 11.8 Å². The number of alkyl halides is 3. The summed E-state index contributed by atoms with van der Waals surface area (Å²) in [5.74, 6) is 0.698. The minimum absolute atomic E-state index is 0.0679. The molecule has 3 heterocycles. The average Bonchev–Trinajstić information content (AvgIpc) is 3.31. The Labute approximate surface area is 226 Å². The van der Waals surface area contributed by atoms with Crippen LogP contribution in [0, 0.1) is 11.8 Å². The van der Waals surface area contributed by atoms with E-state index in [2.05, 4.69) is 14.9 Å². The third-order valence-corrected chi connectivity index (χ3v) is 9.02. The number of benzene rings is 1. The second-order valence-electron chi connectivity index (χ2n) is 11.7. The molecule has 2 saturated carbocycles. The van der Waals surface area contributed by atoms with Crippen molar-refractivity contribution in [2.45, 2.75) is 50.5 Å². The van der Waals surface area contributed by atoms with E-state index in [1.807, 2.05) is 16.8 Å². The first-order chi connectivity index (χ1) is 18.7. The lowest BCUT2D eigenvalue weighted by molar-refractivity contribution is -0.137. The van der Waals surface area contributed by atoms with E-state index in [1.165, 1.54) is 23.7 Å². The van der Waals surface area contributed by atoms with Gasteiger partial charge in [0.15, 0.2) is 0 Å². The first kappa shape index (κ1) is 26.3. The Balaban J connectivity index is 0.990. The number of rotatable bonds is 5. The summed E-state index contributed by atoms with van der Waals surface area (Å²) in [4.78, 5) is 34.5. The van der Waals surface area contributed by atoms with E-state index in [0.717, 1.165) is 43.6 Å². The van der Waals surface area contributed by atoms with Crippen LogP contribution in [-0.2, 0) is 12.7 Å². The fourth-order valence-electron chi connectivity index (χ4n) is 6.60. The Morgan fingerprint density at radius 2 is 1.62 bits per heavy atom. The van der Waals surface area contributed by atoms with Crippen LogP contribution in [0.5, 0.6) is 0 Å². The van der Waals surface area contributed by atoms with Crippen LogP contribution >= 0.6 is 0 Å². The smallest absolute Gasteiger partial charge is 0.336 e. The largest absolute Gasteiger partial charge is 0.416 e. The molecule has 11 heteroatoms. The van der Waals surface area contributed by atoms with Gasteiger partial charge in [-0.05, 0) is 62.3 Å². The highest BCUT2D eigenvalue weighted by molar-refractivity contribution is 5.94. The van der Waals surface area contributed by atoms with Crippen molar-refractivity contribution in [1.29, 1.82) is 0 Å². The highest BCUT2D eigenvalue weighted by Gasteiger charge is 2.44. The number of halogens is 3. The zero-order chi connectivity index (χ0) is 27.3. The molecule has 2 amide bonds. The average molecular weight is 545 g/mol. The molecular weight excluding hydrogens is 509 g/mol. The number of hydrogen-bond donors (Lipinski definition) is 0. The quantitative estimate of drug-likeness (QED) is 0.576. The standard InChI is InChI=1S/C28H35F3N6O2/c1-33(15-19-2-4-23(5-3-19)28(29,30)31)25-12-20-16-36(17-21(20)13-25)27(39)37-18-22(14-32-37)26(38)35-10-8-34(9-11-35)24-6-7-24/h2-5,14,18,20-21,24-25H,6-13,15-17H2,1H3/t20-,21+,25+. The van der Waals surface area contributed by atoms with Gasteiger partial charge in [0.25, 0.3) is 5.91 Å². The summed E-state index contributed by atoms with van der Waals surface area (Å²) in [5, 5.41) is 4.22.